The second-order valence-corrected chi connectivity index (χ2v) is 6.12. The average Bonchev–Trinajstić information content (AvgIpc) is 2.47. The smallest absolute Gasteiger partial charge is 0.121 e. The zero-order valence-corrected chi connectivity index (χ0v) is 14.0. The molecule has 0 unspecified atom stereocenters. The molecule has 0 amide bonds. The van der Waals surface area contributed by atoms with E-state index in [1.807, 2.05) is 59.0 Å². The molecule has 0 aromatic heterocycles. The van der Waals surface area contributed by atoms with Crippen molar-refractivity contribution in [1.82, 2.24) is 5.32 Å². The first-order valence-corrected chi connectivity index (χ1v) is 7.60. The minimum atomic E-state index is 0.181. The van der Waals surface area contributed by atoms with Crippen LogP contribution < -0.4 is 5.32 Å². The van der Waals surface area contributed by atoms with E-state index in [0.29, 0.717) is 11.5 Å². The van der Waals surface area contributed by atoms with Crippen LogP contribution in [0.25, 0.3) is 0 Å². The van der Waals surface area contributed by atoms with Gasteiger partial charge in [-0.2, -0.15) is 0 Å². The minimum absolute atomic E-state index is 0.181. The van der Waals surface area contributed by atoms with Crippen LogP contribution in [0.5, 0.6) is 11.5 Å². The number of hydrogen-bond acceptors (Lipinski definition) is 3. The molecule has 0 heterocycles. The van der Waals surface area contributed by atoms with E-state index in [2.05, 4.69) is 5.32 Å². The number of phenols is 2. The molecule has 0 aliphatic rings. The van der Waals surface area contributed by atoms with Gasteiger partial charge >= 0.3 is 0 Å². The maximum atomic E-state index is 9.99. The maximum absolute atomic E-state index is 9.99. The largest absolute Gasteiger partial charge is 0.507 e. The molecule has 2 aromatic rings. The Morgan fingerprint density at radius 1 is 0.773 bits per heavy atom. The van der Waals surface area contributed by atoms with Crippen LogP contribution in [-0.4, -0.2) is 23.8 Å². The number of rotatable bonds is 4. The van der Waals surface area contributed by atoms with Crippen LogP contribution >= 0.6 is 0 Å². The highest BCUT2D eigenvalue weighted by Gasteiger charge is 2.17. The summed E-state index contributed by atoms with van der Waals surface area (Å²) in [6.45, 7) is 8.50. The lowest BCUT2D eigenvalue weighted by atomic mass is 9.87. The maximum Gasteiger partial charge on any atom is 0.121 e. The van der Waals surface area contributed by atoms with Crippen molar-refractivity contribution in [2.45, 2.75) is 33.6 Å². The standard InChI is InChI=1S/C19H25NO2/c1-11-6-15(7-12(2)18(11)21)17(10-20-5)16-8-13(3)19(22)14(4)9-16/h6-9,17,20-22H,10H2,1-5H3. The first-order chi connectivity index (χ1) is 10.3. The molecular formula is C19H25NO2. The van der Waals surface area contributed by atoms with Gasteiger partial charge < -0.3 is 15.5 Å². The molecule has 3 nitrogen and oxygen atoms in total. The van der Waals surface area contributed by atoms with Crippen molar-refractivity contribution >= 4 is 0 Å². The topological polar surface area (TPSA) is 52.5 Å². The monoisotopic (exact) mass is 299 g/mol. The van der Waals surface area contributed by atoms with Crippen LogP contribution in [0.3, 0.4) is 0 Å². The molecule has 118 valence electrons. The fourth-order valence-electron chi connectivity index (χ4n) is 3.01. The summed E-state index contributed by atoms with van der Waals surface area (Å²) in [7, 11) is 1.94. The van der Waals surface area contributed by atoms with Crippen LogP contribution in [0, 0.1) is 27.7 Å². The number of aryl methyl sites for hydroxylation is 4. The molecule has 0 aliphatic carbocycles. The van der Waals surface area contributed by atoms with E-state index in [1.165, 1.54) is 11.1 Å². The van der Waals surface area contributed by atoms with Gasteiger partial charge in [0.1, 0.15) is 11.5 Å². The molecule has 0 aliphatic heterocycles. The predicted molar refractivity (Wildman–Crippen MR) is 90.9 cm³/mol. The van der Waals surface area contributed by atoms with Gasteiger partial charge in [0, 0.05) is 12.5 Å². The molecule has 2 aromatic carbocycles. The van der Waals surface area contributed by atoms with Crippen molar-refractivity contribution in [2.75, 3.05) is 13.6 Å². The molecule has 3 heteroatoms. The number of likely N-dealkylation sites (N-methyl/N-ethyl adjacent to an activating group) is 1. The predicted octanol–water partition coefficient (Wildman–Crippen LogP) is 3.68. The highest BCUT2D eigenvalue weighted by Crippen LogP contribution is 2.33. The number of aromatic hydroxyl groups is 2. The van der Waals surface area contributed by atoms with Gasteiger partial charge in [-0.25, -0.2) is 0 Å². The Morgan fingerprint density at radius 3 is 1.36 bits per heavy atom. The Kier molecular flexibility index (Phi) is 4.77. The normalized spacial score (nSPS) is 11.2. The first kappa shape index (κ1) is 16.4. The van der Waals surface area contributed by atoms with Gasteiger partial charge in [-0.1, -0.05) is 24.3 Å². The van der Waals surface area contributed by atoms with Gasteiger partial charge in [0.15, 0.2) is 0 Å². The Labute approximate surface area is 132 Å². The fraction of sp³-hybridized carbons (Fsp3) is 0.368. The summed E-state index contributed by atoms with van der Waals surface area (Å²) in [5, 5.41) is 23.2. The molecule has 3 N–H and O–H groups in total. The molecule has 0 bridgehead atoms. The molecule has 0 saturated carbocycles. The van der Waals surface area contributed by atoms with Crippen molar-refractivity contribution in [2.24, 2.45) is 0 Å². The van der Waals surface area contributed by atoms with Crippen LogP contribution in [0.15, 0.2) is 24.3 Å². The van der Waals surface area contributed by atoms with Crippen LogP contribution in [-0.2, 0) is 0 Å². The van der Waals surface area contributed by atoms with Crippen molar-refractivity contribution < 1.29 is 10.2 Å². The summed E-state index contributed by atoms with van der Waals surface area (Å²) in [4.78, 5) is 0. The van der Waals surface area contributed by atoms with Crippen molar-refractivity contribution in [3.63, 3.8) is 0 Å². The van der Waals surface area contributed by atoms with Crippen molar-refractivity contribution in [3.05, 3.63) is 57.6 Å². The highest BCUT2D eigenvalue weighted by atomic mass is 16.3. The zero-order chi connectivity index (χ0) is 16.4. The SMILES string of the molecule is CNCC(c1cc(C)c(O)c(C)c1)c1cc(C)c(O)c(C)c1. The van der Waals surface area contributed by atoms with Crippen LogP contribution in [0.2, 0.25) is 0 Å². The molecule has 0 spiro atoms. The summed E-state index contributed by atoms with van der Waals surface area (Å²) in [5.74, 6) is 0.913. The van der Waals surface area contributed by atoms with E-state index < -0.39 is 0 Å². The number of hydrogen-bond donors (Lipinski definition) is 3. The van der Waals surface area contributed by atoms with Gasteiger partial charge in [0.2, 0.25) is 0 Å². The first-order valence-electron chi connectivity index (χ1n) is 7.60. The number of benzene rings is 2. The second-order valence-electron chi connectivity index (χ2n) is 6.12. The summed E-state index contributed by atoms with van der Waals surface area (Å²) >= 11 is 0. The third kappa shape index (κ3) is 3.09. The molecule has 0 fully saturated rings. The lowest BCUT2D eigenvalue weighted by molar-refractivity contribution is 0.466. The fourth-order valence-corrected chi connectivity index (χ4v) is 3.01. The minimum Gasteiger partial charge on any atom is -0.507 e. The van der Waals surface area contributed by atoms with E-state index in [4.69, 9.17) is 0 Å². The quantitative estimate of drug-likeness (QED) is 0.807. The van der Waals surface area contributed by atoms with E-state index in [0.717, 1.165) is 28.8 Å². The third-order valence-electron chi connectivity index (χ3n) is 4.24. The van der Waals surface area contributed by atoms with Crippen molar-refractivity contribution in [1.29, 1.82) is 0 Å². The Hall–Kier alpha value is -2.00. The third-order valence-corrected chi connectivity index (χ3v) is 4.24. The molecule has 0 radical (unpaired) electrons. The summed E-state index contributed by atoms with van der Waals surface area (Å²) in [6, 6.07) is 8.17. The van der Waals surface area contributed by atoms with Gasteiger partial charge in [-0.05, 0) is 68.1 Å². The average molecular weight is 299 g/mol. The van der Waals surface area contributed by atoms with E-state index in [9.17, 15) is 10.2 Å². The van der Waals surface area contributed by atoms with Gasteiger partial charge in [-0.15, -0.1) is 0 Å². The summed E-state index contributed by atoms with van der Waals surface area (Å²) in [5.41, 5.74) is 5.91. The Bertz CT molecular complexity index is 588. The Morgan fingerprint density at radius 2 is 1.09 bits per heavy atom. The highest BCUT2D eigenvalue weighted by molar-refractivity contribution is 5.49. The van der Waals surface area contributed by atoms with E-state index in [-0.39, 0.29) is 5.92 Å². The molecule has 2 rings (SSSR count). The van der Waals surface area contributed by atoms with Gasteiger partial charge in [0.05, 0.1) is 0 Å². The lowest BCUT2D eigenvalue weighted by Gasteiger charge is -2.21. The van der Waals surface area contributed by atoms with Crippen LogP contribution in [0.4, 0.5) is 0 Å². The zero-order valence-electron chi connectivity index (χ0n) is 14.0. The van der Waals surface area contributed by atoms with Crippen LogP contribution in [0.1, 0.15) is 39.3 Å². The summed E-state index contributed by atoms with van der Waals surface area (Å²) in [6.07, 6.45) is 0. The molecule has 22 heavy (non-hydrogen) atoms. The second kappa shape index (κ2) is 6.41. The molecule has 0 atom stereocenters. The Balaban J connectivity index is 2.56. The van der Waals surface area contributed by atoms with E-state index in [1.54, 1.807) is 0 Å². The van der Waals surface area contributed by atoms with Crippen molar-refractivity contribution in [3.8, 4) is 11.5 Å². The lowest BCUT2D eigenvalue weighted by Crippen LogP contribution is -2.19. The van der Waals surface area contributed by atoms with Gasteiger partial charge in [0.25, 0.3) is 0 Å². The molecular weight excluding hydrogens is 274 g/mol. The number of phenolic OH excluding ortho intramolecular Hbond substituents is 2. The molecule has 0 saturated heterocycles. The summed E-state index contributed by atoms with van der Waals surface area (Å²) < 4.78 is 0. The van der Waals surface area contributed by atoms with E-state index >= 15 is 0 Å². The number of nitrogens with one attached hydrogen (secondary N) is 1. The van der Waals surface area contributed by atoms with Gasteiger partial charge in [-0.3, -0.25) is 0 Å².